The molecule has 0 spiro atoms. The minimum absolute atomic E-state index is 0.0150. The van der Waals surface area contributed by atoms with Crippen molar-refractivity contribution >= 4 is 34.4 Å². The second-order valence-electron chi connectivity index (χ2n) is 3.40. The van der Waals surface area contributed by atoms with Gasteiger partial charge in [-0.1, -0.05) is 0 Å². The van der Waals surface area contributed by atoms with Crippen molar-refractivity contribution in [2.75, 3.05) is 10.6 Å². The third-order valence-corrected chi connectivity index (χ3v) is 2.80. The van der Waals surface area contributed by atoms with Crippen LogP contribution in [0.15, 0.2) is 41.1 Å². The van der Waals surface area contributed by atoms with Crippen molar-refractivity contribution in [2.45, 2.75) is 0 Å². The topological polar surface area (TPSA) is 84.3 Å². The fourth-order valence-electron chi connectivity index (χ4n) is 1.30. The maximum absolute atomic E-state index is 11.5. The Morgan fingerprint density at radius 1 is 1.11 bits per heavy atom. The van der Waals surface area contributed by atoms with Gasteiger partial charge in [-0.3, -0.25) is 10.1 Å². The van der Waals surface area contributed by atoms with Gasteiger partial charge in [0.25, 0.3) is 5.69 Å². The normalized spacial score (nSPS) is 9.78. The van der Waals surface area contributed by atoms with Crippen LogP contribution in [0.25, 0.3) is 0 Å². The quantitative estimate of drug-likeness (QED) is 0.658. The van der Waals surface area contributed by atoms with E-state index in [2.05, 4.69) is 10.6 Å². The lowest BCUT2D eigenvalue weighted by atomic mass is 10.3. The van der Waals surface area contributed by atoms with E-state index in [0.717, 1.165) is 0 Å². The van der Waals surface area contributed by atoms with Gasteiger partial charge in [-0.05, 0) is 23.6 Å². The third kappa shape index (κ3) is 3.05. The van der Waals surface area contributed by atoms with Crippen molar-refractivity contribution in [3.05, 3.63) is 51.2 Å². The van der Waals surface area contributed by atoms with Gasteiger partial charge in [-0.15, -0.1) is 0 Å². The van der Waals surface area contributed by atoms with Gasteiger partial charge in [0.15, 0.2) is 0 Å². The van der Waals surface area contributed by atoms with Gasteiger partial charge in [0.05, 0.1) is 10.6 Å². The Bertz CT molecular complexity index is 551. The number of rotatable bonds is 3. The molecule has 1 aromatic carbocycles. The zero-order chi connectivity index (χ0) is 13.0. The van der Waals surface area contributed by atoms with E-state index in [1.165, 1.54) is 35.6 Å². The Morgan fingerprint density at radius 2 is 1.78 bits per heavy atom. The monoisotopic (exact) mass is 263 g/mol. The third-order valence-electron chi connectivity index (χ3n) is 2.12. The van der Waals surface area contributed by atoms with Gasteiger partial charge in [0.1, 0.15) is 0 Å². The number of nitrogens with one attached hydrogen (secondary N) is 2. The molecule has 92 valence electrons. The highest BCUT2D eigenvalue weighted by Crippen LogP contribution is 2.16. The van der Waals surface area contributed by atoms with Crippen LogP contribution in [-0.2, 0) is 0 Å². The van der Waals surface area contributed by atoms with Gasteiger partial charge in [0, 0.05) is 23.2 Å². The molecule has 0 radical (unpaired) electrons. The zero-order valence-corrected chi connectivity index (χ0v) is 9.94. The van der Waals surface area contributed by atoms with E-state index in [1.54, 1.807) is 11.4 Å². The number of carbonyl (C=O) groups excluding carboxylic acids is 1. The molecule has 0 atom stereocenters. The van der Waals surface area contributed by atoms with Crippen LogP contribution in [0.3, 0.4) is 0 Å². The average molecular weight is 263 g/mol. The van der Waals surface area contributed by atoms with Gasteiger partial charge in [-0.25, -0.2) is 4.79 Å². The first kappa shape index (κ1) is 12.1. The number of thiophene rings is 1. The first-order valence-corrected chi connectivity index (χ1v) is 5.94. The Balaban J connectivity index is 1.97. The Labute approximate surface area is 106 Å². The van der Waals surface area contributed by atoms with E-state index < -0.39 is 4.92 Å². The standard InChI is InChI=1S/C11H9N3O3S/c15-11(13-9-5-6-18-7-9)12-8-1-3-10(4-2-8)14(16)17/h1-7H,(H2,12,13,15). The maximum Gasteiger partial charge on any atom is 0.323 e. The fraction of sp³-hybridized carbons (Fsp3) is 0. The van der Waals surface area contributed by atoms with E-state index in [1.807, 2.05) is 5.38 Å². The molecular weight excluding hydrogens is 254 g/mol. The number of amides is 2. The summed E-state index contributed by atoms with van der Waals surface area (Å²) in [6.45, 7) is 0. The average Bonchev–Trinajstić information content (AvgIpc) is 2.82. The summed E-state index contributed by atoms with van der Waals surface area (Å²) in [6.07, 6.45) is 0. The second kappa shape index (κ2) is 5.28. The summed E-state index contributed by atoms with van der Waals surface area (Å²) in [5.41, 5.74) is 1.19. The number of carbonyl (C=O) groups is 1. The van der Waals surface area contributed by atoms with Crippen LogP contribution in [0.2, 0.25) is 0 Å². The smallest absolute Gasteiger partial charge is 0.308 e. The van der Waals surface area contributed by atoms with Gasteiger partial charge < -0.3 is 10.6 Å². The van der Waals surface area contributed by atoms with Gasteiger partial charge in [0.2, 0.25) is 0 Å². The number of hydrogen-bond acceptors (Lipinski definition) is 4. The highest BCUT2D eigenvalue weighted by molar-refractivity contribution is 7.08. The molecule has 2 rings (SSSR count). The first-order valence-electron chi connectivity index (χ1n) is 5.00. The molecule has 0 aliphatic carbocycles. The SMILES string of the molecule is O=C(Nc1ccc([N+](=O)[O-])cc1)Nc1ccsc1. The molecule has 2 aromatic rings. The maximum atomic E-state index is 11.5. The molecule has 18 heavy (non-hydrogen) atoms. The Kier molecular flexibility index (Phi) is 3.54. The summed E-state index contributed by atoms with van der Waals surface area (Å²) < 4.78 is 0. The van der Waals surface area contributed by atoms with Crippen molar-refractivity contribution in [3.8, 4) is 0 Å². The van der Waals surface area contributed by atoms with Gasteiger partial charge >= 0.3 is 6.03 Å². The minimum atomic E-state index is -0.491. The van der Waals surface area contributed by atoms with Crippen molar-refractivity contribution in [1.82, 2.24) is 0 Å². The summed E-state index contributed by atoms with van der Waals surface area (Å²) in [6, 6.07) is 7.01. The van der Waals surface area contributed by atoms with E-state index in [4.69, 9.17) is 0 Å². The number of urea groups is 1. The second-order valence-corrected chi connectivity index (χ2v) is 4.18. The highest BCUT2D eigenvalue weighted by Gasteiger charge is 2.06. The van der Waals surface area contributed by atoms with Gasteiger partial charge in [-0.2, -0.15) is 11.3 Å². The molecular formula is C11H9N3O3S. The van der Waals surface area contributed by atoms with Crippen molar-refractivity contribution in [1.29, 1.82) is 0 Å². The Morgan fingerprint density at radius 3 is 2.33 bits per heavy atom. The van der Waals surface area contributed by atoms with Crippen LogP contribution in [0.4, 0.5) is 21.9 Å². The molecule has 0 aliphatic rings. The van der Waals surface area contributed by atoms with Crippen LogP contribution in [0.5, 0.6) is 0 Å². The molecule has 6 nitrogen and oxygen atoms in total. The van der Waals surface area contributed by atoms with E-state index in [0.29, 0.717) is 11.4 Å². The van der Waals surface area contributed by atoms with Crippen molar-refractivity contribution in [3.63, 3.8) is 0 Å². The summed E-state index contributed by atoms with van der Waals surface area (Å²) in [5, 5.41) is 19.3. The molecule has 0 aliphatic heterocycles. The largest absolute Gasteiger partial charge is 0.323 e. The van der Waals surface area contributed by atoms with Crippen LogP contribution < -0.4 is 10.6 Å². The number of nitrogens with zero attached hydrogens (tertiary/aromatic N) is 1. The first-order chi connectivity index (χ1) is 8.65. The molecule has 7 heteroatoms. The number of hydrogen-bond donors (Lipinski definition) is 2. The summed E-state index contributed by atoms with van der Waals surface area (Å²) in [7, 11) is 0. The zero-order valence-electron chi connectivity index (χ0n) is 9.12. The lowest BCUT2D eigenvalue weighted by molar-refractivity contribution is -0.384. The molecule has 0 saturated heterocycles. The predicted molar refractivity (Wildman–Crippen MR) is 70.1 cm³/mol. The van der Waals surface area contributed by atoms with Crippen molar-refractivity contribution in [2.24, 2.45) is 0 Å². The lowest BCUT2D eigenvalue weighted by Gasteiger charge is -2.05. The molecule has 1 heterocycles. The molecule has 0 unspecified atom stereocenters. The molecule has 2 N–H and O–H groups in total. The number of non-ortho nitro benzene ring substituents is 1. The van der Waals surface area contributed by atoms with Crippen LogP contribution in [0.1, 0.15) is 0 Å². The van der Waals surface area contributed by atoms with Crippen molar-refractivity contribution < 1.29 is 9.72 Å². The number of nitro groups is 1. The van der Waals surface area contributed by atoms with Crippen LogP contribution >= 0.6 is 11.3 Å². The molecule has 0 fully saturated rings. The summed E-state index contributed by atoms with van der Waals surface area (Å²) in [4.78, 5) is 21.5. The van der Waals surface area contributed by atoms with E-state index in [9.17, 15) is 14.9 Å². The lowest BCUT2D eigenvalue weighted by Crippen LogP contribution is -2.18. The Hall–Kier alpha value is -2.41. The molecule has 1 aromatic heterocycles. The molecule has 0 saturated carbocycles. The highest BCUT2D eigenvalue weighted by atomic mass is 32.1. The molecule has 0 bridgehead atoms. The molecule has 2 amide bonds. The van der Waals surface area contributed by atoms with E-state index in [-0.39, 0.29) is 11.7 Å². The fourth-order valence-corrected chi connectivity index (χ4v) is 1.88. The van der Waals surface area contributed by atoms with Crippen LogP contribution in [-0.4, -0.2) is 11.0 Å². The van der Waals surface area contributed by atoms with E-state index >= 15 is 0 Å². The number of benzene rings is 1. The van der Waals surface area contributed by atoms with Crippen LogP contribution in [0, 0.1) is 10.1 Å². The predicted octanol–water partition coefficient (Wildman–Crippen LogP) is 3.30. The number of anilines is 2. The summed E-state index contributed by atoms with van der Waals surface area (Å²) >= 11 is 1.48. The minimum Gasteiger partial charge on any atom is -0.308 e. The number of nitro benzene ring substituents is 1. The summed E-state index contributed by atoms with van der Waals surface area (Å²) in [5.74, 6) is 0.